The third-order valence-electron chi connectivity index (χ3n) is 5.09. The number of nitrogens with one attached hydrogen (secondary N) is 1. The average Bonchev–Trinajstić information content (AvgIpc) is 3.30. The summed E-state index contributed by atoms with van der Waals surface area (Å²) in [7, 11) is 1.98. The number of carbonyl (C=O) groups is 1. The molecule has 0 unspecified atom stereocenters. The zero-order valence-corrected chi connectivity index (χ0v) is 18.0. The van der Waals surface area contributed by atoms with Crippen LogP contribution in [-0.2, 0) is 0 Å². The normalized spacial score (nSPS) is 11.3. The van der Waals surface area contributed by atoms with Gasteiger partial charge in [-0.1, -0.05) is 0 Å². The quantitative estimate of drug-likeness (QED) is 0.518. The summed E-state index contributed by atoms with van der Waals surface area (Å²) in [5.74, 6) is 0.0862. The van der Waals surface area contributed by atoms with Crippen molar-refractivity contribution in [2.24, 2.45) is 0 Å². The van der Waals surface area contributed by atoms with Gasteiger partial charge < -0.3 is 14.6 Å². The molecule has 4 aromatic rings. The second kappa shape index (κ2) is 7.82. The fourth-order valence-electron chi connectivity index (χ4n) is 3.21. The largest absolute Gasteiger partial charge is 0.436 e. The van der Waals surface area contributed by atoms with Gasteiger partial charge in [0.15, 0.2) is 5.89 Å². The number of oxazole rings is 1. The van der Waals surface area contributed by atoms with Crippen LogP contribution < -0.4 is 10.2 Å². The fourth-order valence-corrected chi connectivity index (χ4v) is 3.21. The monoisotopic (exact) mass is 422 g/mol. The molecule has 0 spiro atoms. The zero-order chi connectivity index (χ0) is 22.3. The number of carbonyl (C=O) groups excluding carboxylic acids is 1. The Balaban J connectivity index is 1.66. The van der Waals surface area contributed by atoms with E-state index in [0.29, 0.717) is 34.8 Å². The lowest BCUT2D eigenvalue weighted by atomic mass is 10.1. The summed E-state index contributed by atoms with van der Waals surface area (Å²) in [6, 6.07) is 4.61. The third-order valence-corrected chi connectivity index (χ3v) is 5.09. The van der Waals surface area contributed by atoms with Gasteiger partial charge in [0.25, 0.3) is 5.91 Å². The van der Waals surface area contributed by atoms with Gasteiger partial charge in [-0.3, -0.25) is 9.20 Å². The van der Waals surface area contributed by atoms with Crippen LogP contribution in [-0.4, -0.2) is 38.3 Å². The molecule has 3 aromatic heterocycles. The van der Waals surface area contributed by atoms with E-state index >= 15 is 0 Å². The highest BCUT2D eigenvalue weighted by atomic mass is 19.1. The molecule has 0 saturated heterocycles. The van der Waals surface area contributed by atoms with Gasteiger partial charge in [0, 0.05) is 43.7 Å². The van der Waals surface area contributed by atoms with Crippen LogP contribution in [0.5, 0.6) is 0 Å². The molecular formula is C22H23FN6O2. The van der Waals surface area contributed by atoms with Crippen molar-refractivity contribution in [1.29, 1.82) is 0 Å². The second-order valence-corrected chi connectivity index (χ2v) is 7.65. The van der Waals surface area contributed by atoms with Crippen LogP contribution in [0.4, 0.5) is 15.8 Å². The molecule has 4 rings (SSSR count). The van der Waals surface area contributed by atoms with Gasteiger partial charge in [0.2, 0.25) is 11.5 Å². The summed E-state index contributed by atoms with van der Waals surface area (Å²) in [6.45, 7) is 7.53. The lowest BCUT2D eigenvalue weighted by Gasteiger charge is -2.23. The van der Waals surface area contributed by atoms with E-state index in [9.17, 15) is 9.18 Å². The van der Waals surface area contributed by atoms with Crippen molar-refractivity contribution in [2.75, 3.05) is 17.3 Å². The first kappa shape index (κ1) is 20.5. The molecule has 0 aliphatic carbocycles. The summed E-state index contributed by atoms with van der Waals surface area (Å²) in [5, 5.41) is 2.72. The topological polar surface area (TPSA) is 88.6 Å². The van der Waals surface area contributed by atoms with E-state index in [0.717, 1.165) is 5.69 Å². The number of benzene rings is 1. The predicted molar refractivity (Wildman–Crippen MR) is 116 cm³/mol. The van der Waals surface area contributed by atoms with E-state index in [1.807, 2.05) is 13.2 Å². The fraction of sp³-hybridized carbons (Fsp3) is 0.273. The lowest BCUT2D eigenvalue weighted by Crippen LogP contribution is -2.25. The summed E-state index contributed by atoms with van der Waals surface area (Å²) in [5.41, 5.74) is 2.50. The van der Waals surface area contributed by atoms with Crippen molar-refractivity contribution in [1.82, 2.24) is 19.4 Å². The number of hydrogen-bond donors (Lipinski definition) is 1. The molecule has 1 N–H and O–H groups in total. The molecule has 0 bridgehead atoms. The molecule has 9 heteroatoms. The molecule has 0 aliphatic heterocycles. The minimum absolute atomic E-state index is 0.127. The molecule has 0 aliphatic rings. The van der Waals surface area contributed by atoms with E-state index in [1.54, 1.807) is 30.6 Å². The first-order chi connectivity index (χ1) is 14.7. The summed E-state index contributed by atoms with van der Waals surface area (Å²) in [4.78, 5) is 27.5. The second-order valence-electron chi connectivity index (χ2n) is 7.65. The first-order valence-corrected chi connectivity index (χ1v) is 9.86. The molecule has 1 amide bonds. The van der Waals surface area contributed by atoms with Gasteiger partial charge in [-0.25, -0.2) is 19.3 Å². The van der Waals surface area contributed by atoms with E-state index in [-0.39, 0.29) is 11.3 Å². The molecule has 0 atom stereocenters. The smallest absolute Gasteiger partial charge is 0.293 e. The highest BCUT2D eigenvalue weighted by Gasteiger charge is 2.18. The Morgan fingerprint density at radius 3 is 2.68 bits per heavy atom. The highest BCUT2D eigenvalue weighted by Crippen LogP contribution is 2.27. The Bertz CT molecular complexity index is 1280. The molecular weight excluding hydrogens is 399 g/mol. The SMILES string of the molecule is Cc1nc(C)c(C(=O)Nc2ccc(F)c(-c3cn4cc(N(C)C(C)C)cnc4n3)c2)o1. The van der Waals surface area contributed by atoms with Crippen molar-refractivity contribution in [3.63, 3.8) is 0 Å². The maximum atomic E-state index is 14.6. The average molecular weight is 422 g/mol. The van der Waals surface area contributed by atoms with E-state index < -0.39 is 11.7 Å². The van der Waals surface area contributed by atoms with Crippen LogP contribution in [0.1, 0.15) is 36.0 Å². The van der Waals surface area contributed by atoms with Crippen LogP contribution in [0.2, 0.25) is 0 Å². The number of nitrogens with zero attached hydrogens (tertiary/aromatic N) is 5. The Hall–Kier alpha value is -3.75. The van der Waals surface area contributed by atoms with Crippen molar-refractivity contribution < 1.29 is 13.6 Å². The van der Waals surface area contributed by atoms with E-state index in [2.05, 4.69) is 39.0 Å². The summed E-state index contributed by atoms with van der Waals surface area (Å²) in [6.07, 6.45) is 5.35. The lowest BCUT2D eigenvalue weighted by molar-refractivity contribution is 0.0994. The molecule has 8 nitrogen and oxygen atoms in total. The number of fused-ring (bicyclic) bond motifs is 1. The molecule has 1 aromatic carbocycles. The summed E-state index contributed by atoms with van der Waals surface area (Å²) >= 11 is 0. The number of anilines is 2. The number of amides is 1. The minimum atomic E-state index is -0.451. The van der Waals surface area contributed by atoms with Crippen molar-refractivity contribution in [2.45, 2.75) is 33.7 Å². The Morgan fingerprint density at radius 2 is 2.00 bits per heavy atom. The number of rotatable bonds is 5. The van der Waals surface area contributed by atoms with Gasteiger partial charge in [0.1, 0.15) is 5.82 Å². The molecule has 0 saturated carbocycles. The predicted octanol–water partition coefficient (Wildman–Crippen LogP) is 4.24. The van der Waals surface area contributed by atoms with E-state index in [4.69, 9.17) is 4.42 Å². The van der Waals surface area contributed by atoms with Crippen LogP contribution in [0.3, 0.4) is 0 Å². The van der Waals surface area contributed by atoms with Gasteiger partial charge in [-0.05, 0) is 39.0 Å². The number of imidazole rings is 1. The maximum absolute atomic E-state index is 14.6. The Labute approximate surface area is 178 Å². The van der Waals surface area contributed by atoms with Crippen LogP contribution in [0.15, 0.2) is 41.2 Å². The van der Waals surface area contributed by atoms with E-state index in [1.165, 1.54) is 18.2 Å². The zero-order valence-electron chi connectivity index (χ0n) is 18.0. The van der Waals surface area contributed by atoms with Crippen molar-refractivity contribution in [3.8, 4) is 11.3 Å². The van der Waals surface area contributed by atoms with Gasteiger partial charge >= 0.3 is 0 Å². The van der Waals surface area contributed by atoms with Crippen molar-refractivity contribution in [3.05, 3.63) is 60.0 Å². The third kappa shape index (κ3) is 3.98. The first-order valence-electron chi connectivity index (χ1n) is 9.86. The van der Waals surface area contributed by atoms with Crippen LogP contribution >= 0.6 is 0 Å². The minimum Gasteiger partial charge on any atom is -0.436 e. The number of aryl methyl sites for hydroxylation is 2. The standard InChI is InChI=1S/C22H23FN6O2/c1-12(2)28(5)16-9-24-22-27-19(11-29(22)10-16)17-8-15(6-7-18(17)23)26-21(30)20-13(3)25-14(4)31-20/h6-12H,1-5H3,(H,26,30). The van der Waals surface area contributed by atoms with Crippen LogP contribution in [0, 0.1) is 19.7 Å². The van der Waals surface area contributed by atoms with Crippen LogP contribution in [0.25, 0.3) is 17.0 Å². The molecule has 0 radical (unpaired) electrons. The molecule has 0 fully saturated rings. The van der Waals surface area contributed by atoms with Gasteiger partial charge in [-0.15, -0.1) is 0 Å². The van der Waals surface area contributed by atoms with Gasteiger partial charge in [0.05, 0.1) is 23.3 Å². The molecule has 3 heterocycles. The Kier molecular flexibility index (Phi) is 5.18. The number of halogens is 1. The maximum Gasteiger partial charge on any atom is 0.293 e. The summed E-state index contributed by atoms with van der Waals surface area (Å²) < 4.78 is 21.7. The Morgan fingerprint density at radius 1 is 1.23 bits per heavy atom. The molecule has 160 valence electrons. The number of aromatic nitrogens is 4. The van der Waals surface area contributed by atoms with Crippen molar-refractivity contribution >= 4 is 23.1 Å². The van der Waals surface area contributed by atoms with Gasteiger partial charge in [-0.2, -0.15) is 0 Å². The highest BCUT2D eigenvalue weighted by molar-refractivity contribution is 6.03. The molecule has 31 heavy (non-hydrogen) atoms. The number of hydrogen-bond acceptors (Lipinski definition) is 6.